The first-order chi connectivity index (χ1) is 14.5. The highest BCUT2D eigenvalue weighted by Crippen LogP contribution is 2.37. The Kier molecular flexibility index (Phi) is 4.31. The van der Waals surface area contributed by atoms with Crippen molar-refractivity contribution in [2.75, 3.05) is 12.0 Å². The third kappa shape index (κ3) is 2.94. The van der Waals surface area contributed by atoms with Crippen LogP contribution in [0, 0.1) is 13.8 Å². The number of methoxy groups -OCH3 is 1. The van der Waals surface area contributed by atoms with E-state index in [0.29, 0.717) is 6.42 Å². The second-order valence-corrected chi connectivity index (χ2v) is 7.57. The standard InChI is InChI=1S/C23H22N4O3/c1-13-22(14(2)30-26-13)15-4-9-18-19(12-15)25-23(24-18)20-10-11-21(28)27(20)16-5-7-17(29-3)8-6-16/h4-9,12,20H,10-11H2,1-3H3,(H,24,25)/t20-/m0/s1. The molecule has 152 valence electrons. The van der Waals surface area contributed by atoms with E-state index in [2.05, 4.69) is 10.1 Å². The molecule has 5 rings (SSSR count). The number of aromatic nitrogens is 3. The number of benzene rings is 2. The summed E-state index contributed by atoms with van der Waals surface area (Å²) < 4.78 is 10.5. The number of H-pyrrole nitrogens is 1. The molecule has 0 saturated carbocycles. The summed E-state index contributed by atoms with van der Waals surface area (Å²) in [4.78, 5) is 22.7. The lowest BCUT2D eigenvalue weighted by atomic mass is 10.0. The molecule has 7 heteroatoms. The lowest BCUT2D eigenvalue weighted by Gasteiger charge is -2.23. The van der Waals surface area contributed by atoms with Gasteiger partial charge < -0.3 is 19.1 Å². The molecule has 0 radical (unpaired) electrons. The number of fused-ring (bicyclic) bond motifs is 1. The van der Waals surface area contributed by atoms with Gasteiger partial charge in [-0.25, -0.2) is 4.98 Å². The number of carbonyl (C=O) groups is 1. The molecule has 3 heterocycles. The van der Waals surface area contributed by atoms with E-state index in [-0.39, 0.29) is 11.9 Å². The molecule has 0 unspecified atom stereocenters. The summed E-state index contributed by atoms with van der Waals surface area (Å²) in [6.45, 7) is 3.84. The van der Waals surface area contributed by atoms with Gasteiger partial charge in [-0.1, -0.05) is 11.2 Å². The van der Waals surface area contributed by atoms with Crippen molar-refractivity contribution in [3.63, 3.8) is 0 Å². The second kappa shape index (κ2) is 7.02. The van der Waals surface area contributed by atoms with E-state index in [1.165, 1.54) is 0 Å². The van der Waals surface area contributed by atoms with E-state index in [0.717, 1.165) is 57.3 Å². The maximum Gasteiger partial charge on any atom is 0.227 e. The number of ether oxygens (including phenoxy) is 1. The largest absolute Gasteiger partial charge is 0.497 e. The van der Waals surface area contributed by atoms with Gasteiger partial charge in [0.2, 0.25) is 5.91 Å². The van der Waals surface area contributed by atoms with Gasteiger partial charge in [0, 0.05) is 17.7 Å². The summed E-state index contributed by atoms with van der Waals surface area (Å²) in [5, 5.41) is 4.05. The fraction of sp³-hybridized carbons (Fsp3) is 0.261. The lowest BCUT2D eigenvalue weighted by molar-refractivity contribution is -0.117. The first-order valence-electron chi connectivity index (χ1n) is 9.94. The van der Waals surface area contributed by atoms with Crippen LogP contribution in [0.4, 0.5) is 5.69 Å². The maximum absolute atomic E-state index is 12.6. The summed E-state index contributed by atoms with van der Waals surface area (Å²) in [6, 6.07) is 13.5. The van der Waals surface area contributed by atoms with Crippen LogP contribution in [0.1, 0.15) is 36.2 Å². The smallest absolute Gasteiger partial charge is 0.227 e. The third-order valence-electron chi connectivity index (χ3n) is 5.70. The fourth-order valence-corrected chi connectivity index (χ4v) is 4.24. The number of nitrogens with zero attached hydrogens (tertiary/aromatic N) is 3. The van der Waals surface area contributed by atoms with E-state index in [4.69, 9.17) is 14.2 Å². The predicted octanol–water partition coefficient (Wildman–Crippen LogP) is 4.71. The van der Waals surface area contributed by atoms with E-state index < -0.39 is 0 Å². The van der Waals surface area contributed by atoms with Crippen molar-refractivity contribution in [3.05, 3.63) is 59.7 Å². The second-order valence-electron chi connectivity index (χ2n) is 7.57. The van der Waals surface area contributed by atoms with E-state index >= 15 is 0 Å². The molecule has 1 amide bonds. The number of hydrogen-bond donors (Lipinski definition) is 1. The molecule has 1 aliphatic heterocycles. The summed E-state index contributed by atoms with van der Waals surface area (Å²) in [6.07, 6.45) is 1.22. The van der Waals surface area contributed by atoms with Crippen LogP contribution in [0.25, 0.3) is 22.2 Å². The number of aryl methyl sites for hydroxylation is 2. The molecule has 2 aromatic heterocycles. The van der Waals surface area contributed by atoms with Gasteiger partial charge >= 0.3 is 0 Å². The number of nitrogens with one attached hydrogen (secondary N) is 1. The van der Waals surface area contributed by atoms with E-state index in [1.54, 1.807) is 7.11 Å². The van der Waals surface area contributed by atoms with Crippen LogP contribution in [0.5, 0.6) is 5.75 Å². The van der Waals surface area contributed by atoms with Gasteiger partial charge in [-0.3, -0.25) is 4.79 Å². The SMILES string of the molecule is COc1ccc(N2C(=O)CC[C@H]2c2nc3cc(-c4c(C)noc4C)ccc3[nH]2)cc1. The molecule has 0 aliphatic carbocycles. The highest BCUT2D eigenvalue weighted by Gasteiger charge is 2.35. The molecule has 0 bridgehead atoms. The zero-order valence-corrected chi connectivity index (χ0v) is 17.1. The number of imidazole rings is 1. The first kappa shape index (κ1) is 18.4. The average molecular weight is 402 g/mol. The number of hydrogen-bond acceptors (Lipinski definition) is 5. The van der Waals surface area contributed by atoms with Gasteiger partial charge in [0.05, 0.1) is 29.9 Å². The Morgan fingerprint density at radius 3 is 2.67 bits per heavy atom. The predicted molar refractivity (Wildman–Crippen MR) is 114 cm³/mol. The van der Waals surface area contributed by atoms with Crippen LogP contribution in [0.2, 0.25) is 0 Å². The Balaban J connectivity index is 1.52. The van der Waals surface area contributed by atoms with Crippen molar-refractivity contribution in [3.8, 4) is 16.9 Å². The van der Waals surface area contributed by atoms with Crippen molar-refractivity contribution in [1.29, 1.82) is 0 Å². The average Bonchev–Trinajstić information content (AvgIpc) is 3.44. The van der Waals surface area contributed by atoms with Crippen molar-refractivity contribution < 1.29 is 14.1 Å². The van der Waals surface area contributed by atoms with Crippen LogP contribution in [-0.4, -0.2) is 28.1 Å². The summed E-state index contributed by atoms with van der Waals surface area (Å²) in [5.41, 5.74) is 5.52. The Morgan fingerprint density at radius 1 is 1.17 bits per heavy atom. The van der Waals surface area contributed by atoms with E-state index in [9.17, 15) is 4.79 Å². The number of aromatic amines is 1. The molecule has 1 atom stereocenters. The number of rotatable bonds is 4. The summed E-state index contributed by atoms with van der Waals surface area (Å²) >= 11 is 0. The Hall–Kier alpha value is -3.61. The quantitative estimate of drug-likeness (QED) is 0.534. The van der Waals surface area contributed by atoms with Crippen molar-refractivity contribution >= 4 is 22.6 Å². The van der Waals surface area contributed by atoms with Gasteiger partial charge in [0.1, 0.15) is 17.3 Å². The Bertz CT molecular complexity index is 1220. The zero-order chi connectivity index (χ0) is 20.8. The Morgan fingerprint density at radius 2 is 1.97 bits per heavy atom. The minimum Gasteiger partial charge on any atom is -0.497 e. The zero-order valence-electron chi connectivity index (χ0n) is 17.1. The number of anilines is 1. The van der Waals surface area contributed by atoms with Gasteiger partial charge in [-0.2, -0.15) is 0 Å². The molecule has 1 fully saturated rings. The minimum absolute atomic E-state index is 0.0991. The molecule has 1 N–H and O–H groups in total. The van der Waals surface area contributed by atoms with E-state index in [1.807, 2.05) is 61.2 Å². The fourth-order valence-electron chi connectivity index (χ4n) is 4.24. The normalized spacial score (nSPS) is 16.6. The van der Waals surface area contributed by atoms with Gasteiger partial charge in [0.15, 0.2) is 0 Å². The molecule has 1 aliphatic rings. The monoisotopic (exact) mass is 402 g/mol. The van der Waals surface area contributed by atoms with Crippen LogP contribution in [-0.2, 0) is 4.79 Å². The number of carbonyl (C=O) groups excluding carboxylic acids is 1. The van der Waals surface area contributed by atoms with Crippen molar-refractivity contribution in [2.24, 2.45) is 0 Å². The van der Waals surface area contributed by atoms with Crippen molar-refractivity contribution in [1.82, 2.24) is 15.1 Å². The highest BCUT2D eigenvalue weighted by atomic mass is 16.5. The molecule has 1 saturated heterocycles. The summed E-state index contributed by atoms with van der Waals surface area (Å²) in [5.74, 6) is 2.44. The maximum atomic E-state index is 12.6. The molecule has 2 aromatic carbocycles. The molecule has 0 spiro atoms. The molecule has 30 heavy (non-hydrogen) atoms. The van der Waals surface area contributed by atoms with Crippen molar-refractivity contribution in [2.45, 2.75) is 32.7 Å². The van der Waals surface area contributed by atoms with Gasteiger partial charge in [-0.15, -0.1) is 0 Å². The topological polar surface area (TPSA) is 84.2 Å². The molecular weight excluding hydrogens is 380 g/mol. The minimum atomic E-state index is -0.124. The van der Waals surface area contributed by atoms with Crippen LogP contribution in [0.3, 0.4) is 0 Å². The van der Waals surface area contributed by atoms with Gasteiger partial charge in [0.25, 0.3) is 0 Å². The van der Waals surface area contributed by atoms with Crippen LogP contribution < -0.4 is 9.64 Å². The third-order valence-corrected chi connectivity index (χ3v) is 5.70. The van der Waals surface area contributed by atoms with Crippen LogP contribution >= 0.6 is 0 Å². The molecule has 4 aromatic rings. The van der Waals surface area contributed by atoms with Gasteiger partial charge in [-0.05, 0) is 62.2 Å². The summed E-state index contributed by atoms with van der Waals surface area (Å²) in [7, 11) is 1.63. The molecular formula is C23H22N4O3. The lowest BCUT2D eigenvalue weighted by Crippen LogP contribution is -2.27. The Labute approximate surface area is 173 Å². The molecule has 7 nitrogen and oxygen atoms in total. The first-order valence-corrected chi connectivity index (χ1v) is 9.94. The number of amides is 1. The highest BCUT2D eigenvalue weighted by molar-refractivity contribution is 5.96. The van der Waals surface area contributed by atoms with Crippen LogP contribution in [0.15, 0.2) is 47.0 Å².